The minimum absolute atomic E-state index is 0.322. The summed E-state index contributed by atoms with van der Waals surface area (Å²) in [7, 11) is 0. The van der Waals surface area contributed by atoms with E-state index in [4.69, 9.17) is 17.8 Å². The fourth-order valence-corrected chi connectivity index (χ4v) is 0.683. The van der Waals surface area contributed by atoms with Crippen LogP contribution in [0.2, 0.25) is 0 Å². The molecule has 0 saturated carbocycles. The molecule has 0 N–H and O–H groups in total. The molecule has 0 aromatic heterocycles. The summed E-state index contributed by atoms with van der Waals surface area (Å²) in [5.74, 6) is 0. The van der Waals surface area contributed by atoms with Crippen LogP contribution in [0.5, 0.6) is 0 Å². The van der Waals surface area contributed by atoms with E-state index in [1.54, 1.807) is 0 Å². The first-order valence-electron chi connectivity index (χ1n) is 9.19. The number of hydrogen-bond acceptors (Lipinski definition) is 0. The van der Waals surface area contributed by atoms with Gasteiger partial charge in [-0.1, -0.05) is 48.6 Å². The lowest BCUT2D eigenvalue weighted by Crippen LogP contribution is -2.10. The molecule has 0 radical (unpaired) electrons. The summed E-state index contributed by atoms with van der Waals surface area (Å²) in [6.07, 6.45) is 0. The lowest BCUT2D eigenvalue weighted by atomic mass is 9.87. The average Bonchev–Trinajstić information content (AvgIpc) is 2.34. The molecule has 0 bridgehead atoms. The monoisotopic (exact) mass is 225 g/mol. The van der Waals surface area contributed by atoms with Crippen molar-refractivity contribution < 1.29 is 17.8 Å². The first-order chi connectivity index (χ1) is 10.4. The summed E-state index contributed by atoms with van der Waals surface area (Å²) in [5, 5.41) is 0. The van der Waals surface area contributed by atoms with Crippen LogP contribution in [0.15, 0.2) is 28.6 Å². The van der Waals surface area contributed by atoms with Gasteiger partial charge in [0.2, 0.25) is 0 Å². The van der Waals surface area contributed by atoms with Crippen LogP contribution in [0.4, 0.5) is 0 Å². The topological polar surface area (TPSA) is 0 Å². The summed E-state index contributed by atoms with van der Waals surface area (Å²) < 4.78 is 99.2. The second kappa shape index (κ2) is 2.98. The van der Waals surface area contributed by atoms with Gasteiger partial charge in [0.1, 0.15) is 0 Å². The maximum Gasteiger partial charge on any atom is 0.0635 e. The molecule has 0 aliphatic heterocycles. The van der Waals surface area contributed by atoms with Crippen molar-refractivity contribution in [3.05, 3.63) is 34.2 Å². The maximum absolute atomic E-state index is 7.90. The third-order valence-corrected chi connectivity index (χ3v) is 1.37. The fraction of sp³-hybridized carbons (Fsp3) is 0.400. The molecular weight excluding hydrogens is 200 g/mol. The molecule has 0 aliphatic rings. The molecule has 60 valence electrons. The molecule has 0 spiro atoms. The third kappa shape index (κ3) is 2.33. The van der Waals surface area contributed by atoms with Gasteiger partial charge in [-0.25, -0.2) is 0 Å². The van der Waals surface area contributed by atoms with E-state index in [1.807, 2.05) is 0 Å². The summed E-state index contributed by atoms with van der Waals surface area (Å²) in [6, 6.07) is -3.56. The van der Waals surface area contributed by atoms with Gasteiger partial charge in [-0.05, 0) is 23.1 Å². The zero-order valence-electron chi connectivity index (χ0n) is 18.4. The highest BCUT2D eigenvalue weighted by atomic mass is 79.9. The van der Waals surface area contributed by atoms with E-state index in [1.165, 1.54) is 0 Å². The molecule has 0 amide bonds. The molecule has 0 saturated heterocycles. The van der Waals surface area contributed by atoms with Crippen LogP contribution in [0, 0.1) is 0 Å². The van der Waals surface area contributed by atoms with E-state index >= 15 is 0 Å². The molecule has 0 fully saturated rings. The Balaban J connectivity index is 4.27. The Morgan fingerprint density at radius 3 is 2.27 bits per heavy atom. The Hall–Kier alpha value is -0.300. The summed E-state index contributed by atoms with van der Waals surface area (Å²) in [6.45, 7) is -11.0. The van der Waals surface area contributed by atoms with Crippen molar-refractivity contribution in [3.63, 3.8) is 0 Å². The molecule has 0 heterocycles. The molecule has 1 aromatic rings. The number of rotatable bonds is 0. The maximum atomic E-state index is 7.90. The summed E-state index contributed by atoms with van der Waals surface area (Å²) in [5.41, 5.74) is -4.74. The van der Waals surface area contributed by atoms with Gasteiger partial charge in [0.15, 0.2) is 0 Å². The number of benzene rings is 1. The molecule has 0 aliphatic carbocycles. The summed E-state index contributed by atoms with van der Waals surface area (Å²) in [4.78, 5) is 0. The second-order valence-electron chi connectivity index (χ2n) is 1.94. The van der Waals surface area contributed by atoms with Crippen molar-refractivity contribution in [2.24, 2.45) is 0 Å². The van der Waals surface area contributed by atoms with Gasteiger partial charge in [0.25, 0.3) is 0 Å². The first-order valence-corrected chi connectivity index (χ1v) is 3.48. The Bertz CT molecular complexity index is 586. The van der Waals surface area contributed by atoms with Gasteiger partial charge in [-0.2, -0.15) is 0 Å². The van der Waals surface area contributed by atoms with Crippen LogP contribution in [0.1, 0.15) is 43.9 Å². The first kappa shape index (κ1) is 1.79. The zero-order valence-corrected chi connectivity index (χ0v) is 6.96. The van der Waals surface area contributed by atoms with Crippen LogP contribution in [0.3, 0.4) is 0 Å². The number of halogens is 1. The van der Waals surface area contributed by atoms with Gasteiger partial charge in [-0.15, -0.1) is 0 Å². The predicted molar refractivity (Wildman–Crippen MR) is 52.8 cm³/mol. The third-order valence-electron chi connectivity index (χ3n) is 0.969. The highest BCUT2D eigenvalue weighted by Gasteiger charge is 2.12. The molecule has 1 rings (SSSR count). The van der Waals surface area contributed by atoms with E-state index in [2.05, 4.69) is 15.9 Å². The average molecular weight is 226 g/mol. The van der Waals surface area contributed by atoms with E-state index < -0.39 is 55.7 Å². The van der Waals surface area contributed by atoms with Crippen LogP contribution in [0.25, 0.3) is 0 Å². The van der Waals surface area contributed by atoms with Crippen LogP contribution in [-0.4, -0.2) is 0 Å². The van der Waals surface area contributed by atoms with Crippen molar-refractivity contribution >= 4 is 15.9 Å². The predicted octanol–water partition coefficient (Wildman–Crippen LogP) is 3.75. The van der Waals surface area contributed by atoms with E-state index in [0.717, 1.165) is 0 Å². The van der Waals surface area contributed by atoms with Gasteiger partial charge in [0.05, 0.1) is 5.48 Å². The van der Waals surface area contributed by atoms with Crippen molar-refractivity contribution in [1.29, 1.82) is 0 Å². The fourth-order valence-electron chi connectivity index (χ4n) is 0.485. The van der Waals surface area contributed by atoms with Crippen LogP contribution < -0.4 is 0 Å². The molecule has 1 aromatic carbocycles. The van der Waals surface area contributed by atoms with Gasteiger partial charge >= 0.3 is 0 Å². The van der Waals surface area contributed by atoms with Gasteiger partial charge < -0.3 is 0 Å². The van der Waals surface area contributed by atoms with Crippen molar-refractivity contribution in [1.82, 2.24) is 0 Å². The highest BCUT2D eigenvalue weighted by Crippen LogP contribution is 2.23. The second-order valence-corrected chi connectivity index (χ2v) is 2.73. The molecule has 0 nitrogen and oxygen atoms in total. The zero-order chi connectivity index (χ0) is 19.5. The van der Waals surface area contributed by atoms with Gasteiger partial charge in [-0.3, -0.25) is 0 Å². The lowest BCUT2D eigenvalue weighted by Gasteiger charge is -2.18. The Labute approximate surface area is 95.0 Å². The summed E-state index contributed by atoms with van der Waals surface area (Å²) >= 11 is 2.80. The SMILES string of the molecule is [2H]c1c([2H])c(C(C([2H])([2H])[2H])(C([2H])([2H])[2H])C([2H])([2H])[2H])c([2H])c([2H])c1Br. The molecule has 1 heteroatoms. The molecule has 0 atom stereocenters. The van der Waals surface area contributed by atoms with Crippen LogP contribution >= 0.6 is 15.9 Å². The largest absolute Gasteiger partial charge is 0.0635 e. The standard InChI is InChI=1S/C10H13Br/c1-10(2,3)8-4-6-9(11)7-5-8/h4-7H,1-3H3/i1D3,2D3,3D3,4D,5D,6D,7D. The quantitative estimate of drug-likeness (QED) is 0.632. The Morgan fingerprint density at radius 1 is 1.27 bits per heavy atom. The Kier molecular flexibility index (Phi) is 0.485. The Morgan fingerprint density at radius 2 is 1.82 bits per heavy atom. The minimum atomic E-state index is -3.65. The molecular formula is C10H13Br. The van der Waals surface area contributed by atoms with Crippen molar-refractivity contribution in [2.45, 2.75) is 26.0 Å². The smallest absolute Gasteiger partial charge is 0.0574 e. The van der Waals surface area contributed by atoms with Crippen molar-refractivity contribution in [3.8, 4) is 0 Å². The van der Waals surface area contributed by atoms with E-state index in [0.29, 0.717) is 0 Å². The lowest BCUT2D eigenvalue weighted by molar-refractivity contribution is 0.590. The molecule has 0 unspecified atom stereocenters. The van der Waals surface area contributed by atoms with E-state index in [9.17, 15) is 0 Å². The van der Waals surface area contributed by atoms with E-state index in [-0.39, 0.29) is 4.47 Å². The number of hydrogen-bond donors (Lipinski definition) is 0. The minimum Gasteiger partial charge on any atom is -0.0574 e. The molecule has 11 heavy (non-hydrogen) atoms. The van der Waals surface area contributed by atoms with Crippen LogP contribution in [-0.2, 0) is 5.41 Å². The highest BCUT2D eigenvalue weighted by molar-refractivity contribution is 9.10. The van der Waals surface area contributed by atoms with Crippen molar-refractivity contribution in [2.75, 3.05) is 0 Å². The normalized spacial score (nSPS) is 32.3. The van der Waals surface area contributed by atoms with Gasteiger partial charge in [0, 0.05) is 16.8 Å².